The molecule has 0 aromatic heterocycles. The van der Waals surface area contributed by atoms with Crippen LogP contribution in [0, 0.1) is 0 Å². The summed E-state index contributed by atoms with van der Waals surface area (Å²) in [6.45, 7) is 7.47. The summed E-state index contributed by atoms with van der Waals surface area (Å²) in [5.74, 6) is 0. The van der Waals surface area contributed by atoms with Crippen molar-refractivity contribution in [3.63, 3.8) is 0 Å². The Morgan fingerprint density at radius 1 is 1.24 bits per heavy atom. The van der Waals surface area contributed by atoms with Crippen molar-refractivity contribution in [3.05, 3.63) is 0 Å². The highest BCUT2D eigenvalue weighted by atomic mass is 16.3. The van der Waals surface area contributed by atoms with E-state index in [0.717, 1.165) is 25.4 Å². The van der Waals surface area contributed by atoms with Crippen LogP contribution in [0.4, 0.5) is 0 Å². The first kappa shape index (κ1) is 13.3. The van der Waals surface area contributed by atoms with Gasteiger partial charge in [-0.3, -0.25) is 0 Å². The Kier molecular flexibility index (Phi) is 4.45. The maximum atomic E-state index is 10.3. The van der Waals surface area contributed by atoms with Crippen LogP contribution in [0.5, 0.6) is 0 Å². The lowest BCUT2D eigenvalue weighted by Crippen LogP contribution is -2.50. The fraction of sp³-hybridized carbons (Fsp3) is 1.00. The molecular formula is C14H28N2O. The summed E-state index contributed by atoms with van der Waals surface area (Å²) >= 11 is 0. The second-order valence-corrected chi connectivity index (χ2v) is 5.87. The molecule has 2 saturated heterocycles. The molecule has 2 rings (SSSR count). The first-order valence-electron chi connectivity index (χ1n) is 7.36. The van der Waals surface area contributed by atoms with Gasteiger partial charge in [-0.1, -0.05) is 13.8 Å². The molecule has 2 aliphatic heterocycles. The van der Waals surface area contributed by atoms with E-state index in [4.69, 9.17) is 0 Å². The second kappa shape index (κ2) is 5.68. The lowest BCUT2D eigenvalue weighted by atomic mass is 9.94. The van der Waals surface area contributed by atoms with Crippen molar-refractivity contribution in [2.75, 3.05) is 19.6 Å². The van der Waals surface area contributed by atoms with Gasteiger partial charge >= 0.3 is 0 Å². The lowest BCUT2D eigenvalue weighted by Gasteiger charge is -2.37. The van der Waals surface area contributed by atoms with Gasteiger partial charge in [-0.05, 0) is 51.6 Å². The van der Waals surface area contributed by atoms with Crippen LogP contribution in [-0.2, 0) is 0 Å². The third-order valence-corrected chi connectivity index (χ3v) is 4.86. The van der Waals surface area contributed by atoms with Crippen LogP contribution in [0.2, 0.25) is 0 Å². The Balaban J connectivity index is 1.76. The van der Waals surface area contributed by atoms with E-state index in [1.165, 1.54) is 38.8 Å². The molecule has 0 aromatic carbocycles. The van der Waals surface area contributed by atoms with Gasteiger partial charge in [0, 0.05) is 18.6 Å². The van der Waals surface area contributed by atoms with E-state index < -0.39 is 5.60 Å². The zero-order chi connectivity index (χ0) is 12.3. The van der Waals surface area contributed by atoms with Crippen LogP contribution in [-0.4, -0.2) is 47.3 Å². The van der Waals surface area contributed by atoms with Gasteiger partial charge in [0.2, 0.25) is 0 Å². The maximum Gasteiger partial charge on any atom is 0.0766 e. The number of hydrogen-bond donors (Lipinski definition) is 2. The number of rotatable bonds is 5. The number of nitrogens with one attached hydrogen (secondary N) is 1. The third-order valence-electron chi connectivity index (χ3n) is 4.86. The highest BCUT2D eigenvalue weighted by Gasteiger charge is 2.32. The summed E-state index contributed by atoms with van der Waals surface area (Å²) < 4.78 is 0. The van der Waals surface area contributed by atoms with Crippen molar-refractivity contribution < 1.29 is 5.11 Å². The van der Waals surface area contributed by atoms with Crippen molar-refractivity contribution in [2.24, 2.45) is 0 Å². The second-order valence-electron chi connectivity index (χ2n) is 5.87. The first-order valence-corrected chi connectivity index (χ1v) is 7.36. The Hall–Kier alpha value is -0.120. The molecule has 0 aromatic rings. The molecule has 0 bridgehead atoms. The minimum atomic E-state index is -0.493. The zero-order valence-electron chi connectivity index (χ0n) is 11.4. The van der Waals surface area contributed by atoms with Crippen molar-refractivity contribution in [2.45, 2.75) is 70.1 Å². The Bertz CT molecular complexity index is 240. The Labute approximate surface area is 106 Å². The fourth-order valence-electron chi connectivity index (χ4n) is 3.24. The molecule has 0 aliphatic carbocycles. The van der Waals surface area contributed by atoms with Crippen LogP contribution in [0.3, 0.4) is 0 Å². The number of fused-ring (bicyclic) bond motifs is 1. The minimum absolute atomic E-state index is 0.493. The smallest absolute Gasteiger partial charge is 0.0766 e. The van der Waals surface area contributed by atoms with E-state index in [2.05, 4.69) is 24.1 Å². The van der Waals surface area contributed by atoms with Gasteiger partial charge in [0.05, 0.1) is 5.60 Å². The molecule has 3 heteroatoms. The van der Waals surface area contributed by atoms with E-state index >= 15 is 0 Å². The Morgan fingerprint density at radius 3 is 2.71 bits per heavy atom. The van der Waals surface area contributed by atoms with Crippen LogP contribution in [0.25, 0.3) is 0 Å². The van der Waals surface area contributed by atoms with Crippen molar-refractivity contribution in [3.8, 4) is 0 Å². The summed E-state index contributed by atoms with van der Waals surface area (Å²) in [6.07, 6.45) is 6.98. The highest BCUT2D eigenvalue weighted by molar-refractivity contribution is 4.90. The topological polar surface area (TPSA) is 35.5 Å². The molecule has 2 fully saturated rings. The van der Waals surface area contributed by atoms with E-state index in [1.54, 1.807) is 0 Å². The normalized spacial score (nSPS) is 30.5. The lowest BCUT2D eigenvalue weighted by molar-refractivity contribution is 0.0260. The van der Waals surface area contributed by atoms with Crippen LogP contribution in [0.1, 0.15) is 52.4 Å². The van der Waals surface area contributed by atoms with Gasteiger partial charge < -0.3 is 15.3 Å². The number of aliphatic hydroxyl groups is 1. The summed E-state index contributed by atoms with van der Waals surface area (Å²) in [4.78, 5) is 2.64. The molecular weight excluding hydrogens is 212 g/mol. The summed E-state index contributed by atoms with van der Waals surface area (Å²) in [7, 11) is 0. The van der Waals surface area contributed by atoms with Crippen molar-refractivity contribution >= 4 is 0 Å². The molecule has 0 radical (unpaired) electrons. The maximum absolute atomic E-state index is 10.3. The third kappa shape index (κ3) is 3.21. The number of nitrogens with zero attached hydrogens (tertiary/aromatic N) is 1. The van der Waals surface area contributed by atoms with Crippen molar-refractivity contribution in [1.82, 2.24) is 10.2 Å². The molecule has 2 unspecified atom stereocenters. The van der Waals surface area contributed by atoms with E-state index in [9.17, 15) is 5.11 Å². The predicted octanol–water partition coefficient (Wildman–Crippen LogP) is 1.75. The summed E-state index contributed by atoms with van der Waals surface area (Å²) in [5, 5.41) is 13.9. The minimum Gasteiger partial charge on any atom is -0.389 e. The SMILES string of the molecule is CCC(O)(CC)CNC1CCN2CCCC2C1. The van der Waals surface area contributed by atoms with Gasteiger partial charge in [-0.2, -0.15) is 0 Å². The van der Waals surface area contributed by atoms with Gasteiger partial charge in [-0.25, -0.2) is 0 Å². The van der Waals surface area contributed by atoms with Gasteiger partial charge in [0.25, 0.3) is 0 Å². The molecule has 2 heterocycles. The average molecular weight is 240 g/mol. The van der Waals surface area contributed by atoms with E-state index in [1.807, 2.05) is 0 Å². The van der Waals surface area contributed by atoms with Crippen LogP contribution in [0.15, 0.2) is 0 Å². The quantitative estimate of drug-likeness (QED) is 0.768. The number of hydrogen-bond acceptors (Lipinski definition) is 3. The number of piperidine rings is 1. The average Bonchev–Trinajstić information content (AvgIpc) is 2.83. The molecule has 17 heavy (non-hydrogen) atoms. The molecule has 3 nitrogen and oxygen atoms in total. The zero-order valence-corrected chi connectivity index (χ0v) is 11.4. The molecule has 0 saturated carbocycles. The largest absolute Gasteiger partial charge is 0.389 e. The summed E-state index contributed by atoms with van der Waals surface area (Å²) in [5.41, 5.74) is -0.493. The highest BCUT2D eigenvalue weighted by Crippen LogP contribution is 2.27. The summed E-state index contributed by atoms with van der Waals surface area (Å²) in [6, 6.07) is 1.44. The van der Waals surface area contributed by atoms with E-state index in [0.29, 0.717) is 6.04 Å². The van der Waals surface area contributed by atoms with Gasteiger partial charge in [0.1, 0.15) is 0 Å². The van der Waals surface area contributed by atoms with Gasteiger partial charge in [-0.15, -0.1) is 0 Å². The van der Waals surface area contributed by atoms with Crippen LogP contribution < -0.4 is 5.32 Å². The molecule has 0 amide bonds. The Morgan fingerprint density at radius 2 is 2.00 bits per heavy atom. The molecule has 2 aliphatic rings. The standard InChI is InChI=1S/C14H28N2O/c1-3-14(17,4-2)11-15-12-7-9-16-8-5-6-13(16)10-12/h12-13,15,17H,3-11H2,1-2H3. The van der Waals surface area contributed by atoms with Crippen LogP contribution >= 0.6 is 0 Å². The fourth-order valence-corrected chi connectivity index (χ4v) is 3.24. The molecule has 2 atom stereocenters. The first-order chi connectivity index (χ1) is 8.17. The van der Waals surface area contributed by atoms with Gasteiger partial charge in [0.15, 0.2) is 0 Å². The molecule has 0 spiro atoms. The predicted molar refractivity (Wildman–Crippen MR) is 71.2 cm³/mol. The molecule has 2 N–H and O–H groups in total. The van der Waals surface area contributed by atoms with E-state index in [-0.39, 0.29) is 0 Å². The molecule has 100 valence electrons. The van der Waals surface area contributed by atoms with Crippen molar-refractivity contribution in [1.29, 1.82) is 0 Å². The monoisotopic (exact) mass is 240 g/mol.